The lowest BCUT2D eigenvalue weighted by atomic mass is 10.2. The molecule has 0 unspecified atom stereocenters. The normalized spacial score (nSPS) is 16.5. The second-order valence-electron chi connectivity index (χ2n) is 6.73. The highest BCUT2D eigenvalue weighted by atomic mass is 16.2. The van der Waals surface area contributed by atoms with Crippen LogP contribution in [0.3, 0.4) is 0 Å². The Labute approximate surface area is 174 Å². The molecule has 30 heavy (non-hydrogen) atoms. The van der Waals surface area contributed by atoms with Crippen molar-refractivity contribution in [3.05, 3.63) is 80.1 Å². The van der Waals surface area contributed by atoms with Gasteiger partial charge in [-0.1, -0.05) is 31.4 Å². The highest BCUT2D eigenvalue weighted by Crippen LogP contribution is 2.15. The second-order valence-corrected chi connectivity index (χ2v) is 6.73. The Hall–Kier alpha value is -4.01. The molecule has 152 valence electrons. The Morgan fingerprint density at radius 3 is 2.83 bits per heavy atom. The molecule has 0 spiro atoms. The largest absolute Gasteiger partial charge is 0.351 e. The summed E-state index contributed by atoms with van der Waals surface area (Å²) in [6, 6.07) is 9.49. The Morgan fingerprint density at radius 1 is 1.23 bits per heavy atom. The maximum Gasteiger partial charge on any atom is 0.291 e. The smallest absolute Gasteiger partial charge is 0.291 e. The van der Waals surface area contributed by atoms with Gasteiger partial charge in [-0.15, -0.1) is 5.10 Å². The molecule has 0 bridgehead atoms. The molecule has 3 aromatic rings. The molecule has 1 aliphatic rings. The molecule has 1 aromatic carbocycles. The molecule has 1 amide bonds. The molecule has 1 aliphatic heterocycles. The van der Waals surface area contributed by atoms with Gasteiger partial charge in [0, 0.05) is 43.9 Å². The van der Waals surface area contributed by atoms with Crippen LogP contribution in [0.5, 0.6) is 0 Å². The highest BCUT2D eigenvalue weighted by molar-refractivity contribution is 5.97. The minimum atomic E-state index is -0.300. The first-order valence-corrected chi connectivity index (χ1v) is 9.57. The summed E-state index contributed by atoms with van der Waals surface area (Å²) < 4.78 is 3.38. The van der Waals surface area contributed by atoms with E-state index in [1.54, 1.807) is 21.6 Å². The van der Waals surface area contributed by atoms with Crippen molar-refractivity contribution < 1.29 is 4.79 Å². The topological polar surface area (TPSA) is 93.2 Å². The van der Waals surface area contributed by atoms with Gasteiger partial charge in [-0.25, -0.2) is 19.6 Å². The van der Waals surface area contributed by atoms with Crippen molar-refractivity contribution in [2.24, 2.45) is 4.99 Å². The number of imidazole rings is 1. The van der Waals surface area contributed by atoms with Crippen LogP contribution < -0.4 is 5.32 Å². The zero-order valence-electron chi connectivity index (χ0n) is 16.4. The summed E-state index contributed by atoms with van der Waals surface area (Å²) in [5.41, 5.74) is 0.846. The van der Waals surface area contributed by atoms with E-state index >= 15 is 0 Å². The SMILES string of the molecule is C=C/N=C(\c1nccn1C=C)N1CC[C@H](NC(=O)c2ncn(-c3ccccc3)n2)C1. The molecule has 4 rings (SSSR count). The maximum absolute atomic E-state index is 12.6. The molecule has 0 saturated carbocycles. The molecule has 1 saturated heterocycles. The fraction of sp³-hybridized carbons (Fsp3) is 0.190. The lowest BCUT2D eigenvalue weighted by Crippen LogP contribution is -2.39. The zero-order chi connectivity index (χ0) is 20.9. The quantitative estimate of drug-likeness (QED) is 0.503. The summed E-state index contributed by atoms with van der Waals surface area (Å²) in [4.78, 5) is 27.6. The summed E-state index contributed by atoms with van der Waals surface area (Å²) in [6.07, 6.45) is 8.98. The van der Waals surface area contributed by atoms with Crippen LogP contribution in [0.4, 0.5) is 0 Å². The number of aliphatic imine (C=N–C) groups is 1. The third-order valence-corrected chi connectivity index (χ3v) is 4.82. The first kappa shape index (κ1) is 19.3. The van der Waals surface area contributed by atoms with E-state index in [2.05, 4.69) is 43.4 Å². The Kier molecular flexibility index (Phi) is 5.51. The average molecular weight is 402 g/mol. The van der Waals surface area contributed by atoms with Gasteiger partial charge in [0.1, 0.15) is 6.33 Å². The van der Waals surface area contributed by atoms with Crippen LogP contribution in [-0.4, -0.2) is 60.1 Å². The van der Waals surface area contributed by atoms with E-state index in [1.807, 2.05) is 36.5 Å². The van der Waals surface area contributed by atoms with Crippen molar-refractivity contribution >= 4 is 17.9 Å². The van der Waals surface area contributed by atoms with E-state index in [9.17, 15) is 4.79 Å². The van der Waals surface area contributed by atoms with Crippen LogP contribution in [0.2, 0.25) is 0 Å². The van der Waals surface area contributed by atoms with E-state index in [0.29, 0.717) is 18.2 Å². The number of hydrogen-bond acceptors (Lipinski definition) is 5. The Bertz CT molecular complexity index is 1080. The van der Waals surface area contributed by atoms with Crippen molar-refractivity contribution in [1.82, 2.24) is 34.5 Å². The predicted molar refractivity (Wildman–Crippen MR) is 114 cm³/mol. The zero-order valence-corrected chi connectivity index (χ0v) is 16.4. The van der Waals surface area contributed by atoms with E-state index < -0.39 is 0 Å². The maximum atomic E-state index is 12.6. The first-order chi connectivity index (χ1) is 14.7. The van der Waals surface area contributed by atoms with Crippen molar-refractivity contribution in [2.75, 3.05) is 13.1 Å². The molecule has 9 nitrogen and oxygen atoms in total. The lowest BCUT2D eigenvalue weighted by molar-refractivity contribution is 0.0928. The summed E-state index contributed by atoms with van der Waals surface area (Å²) >= 11 is 0. The molecule has 0 radical (unpaired) electrons. The first-order valence-electron chi connectivity index (χ1n) is 9.57. The van der Waals surface area contributed by atoms with Gasteiger partial charge in [-0.05, 0) is 18.6 Å². The van der Waals surface area contributed by atoms with Gasteiger partial charge in [-0.2, -0.15) is 0 Å². The van der Waals surface area contributed by atoms with Crippen molar-refractivity contribution in [1.29, 1.82) is 0 Å². The highest BCUT2D eigenvalue weighted by Gasteiger charge is 2.29. The third kappa shape index (κ3) is 3.90. The molecular weight excluding hydrogens is 380 g/mol. The molecule has 9 heteroatoms. The molecule has 1 fully saturated rings. The molecule has 3 heterocycles. The molecule has 0 aliphatic carbocycles. The number of hydrogen-bond donors (Lipinski definition) is 1. The van der Waals surface area contributed by atoms with Gasteiger partial charge in [-0.3, -0.25) is 4.79 Å². The second kappa shape index (κ2) is 8.56. The number of aromatic nitrogens is 5. The van der Waals surface area contributed by atoms with E-state index in [4.69, 9.17) is 0 Å². The fourth-order valence-electron chi connectivity index (χ4n) is 3.39. The number of rotatable bonds is 6. The van der Waals surface area contributed by atoms with Crippen molar-refractivity contribution in [2.45, 2.75) is 12.5 Å². The fourth-order valence-corrected chi connectivity index (χ4v) is 3.39. The standard InChI is InChI=1S/C21H22N8O/c1-3-22-19(20-23-11-13-27(20)4-2)28-12-10-16(14-28)25-21(30)18-24-15-29(26-18)17-8-6-5-7-9-17/h3-9,11,13,15-16H,1-2,10,12,14H2,(H,25,30)/b22-19+/t16-/m0/s1. The summed E-state index contributed by atoms with van der Waals surface area (Å²) in [6.45, 7) is 8.83. The summed E-state index contributed by atoms with van der Waals surface area (Å²) in [5, 5.41) is 7.30. The van der Waals surface area contributed by atoms with Crippen LogP contribution in [-0.2, 0) is 0 Å². The van der Waals surface area contributed by atoms with E-state index in [1.165, 1.54) is 12.5 Å². The minimum absolute atomic E-state index is 0.0525. The number of benzene rings is 1. The van der Waals surface area contributed by atoms with Gasteiger partial charge in [0.05, 0.1) is 5.69 Å². The van der Waals surface area contributed by atoms with Crippen LogP contribution in [0, 0.1) is 0 Å². The number of para-hydroxylation sites is 1. The monoisotopic (exact) mass is 402 g/mol. The summed E-state index contributed by atoms with van der Waals surface area (Å²) in [5.74, 6) is 1.21. The number of nitrogens with zero attached hydrogens (tertiary/aromatic N) is 7. The number of amidine groups is 1. The van der Waals surface area contributed by atoms with Gasteiger partial charge in [0.15, 0.2) is 11.7 Å². The average Bonchev–Trinajstić information content (AvgIpc) is 3.53. The summed E-state index contributed by atoms with van der Waals surface area (Å²) in [7, 11) is 0. The molecule has 1 atom stereocenters. The Balaban J connectivity index is 1.43. The van der Waals surface area contributed by atoms with Crippen LogP contribution >= 0.6 is 0 Å². The number of likely N-dealkylation sites (tertiary alicyclic amines) is 1. The van der Waals surface area contributed by atoms with E-state index in [0.717, 1.165) is 18.7 Å². The minimum Gasteiger partial charge on any atom is -0.351 e. The van der Waals surface area contributed by atoms with Gasteiger partial charge in [0.2, 0.25) is 5.82 Å². The van der Waals surface area contributed by atoms with Crippen LogP contribution in [0.25, 0.3) is 11.9 Å². The molecular formula is C21H22N8O. The van der Waals surface area contributed by atoms with Crippen molar-refractivity contribution in [3.8, 4) is 5.69 Å². The lowest BCUT2D eigenvalue weighted by Gasteiger charge is -2.20. The van der Waals surface area contributed by atoms with E-state index in [-0.39, 0.29) is 17.8 Å². The Morgan fingerprint density at radius 2 is 2.07 bits per heavy atom. The van der Waals surface area contributed by atoms with Gasteiger partial charge >= 0.3 is 0 Å². The number of amides is 1. The van der Waals surface area contributed by atoms with Gasteiger partial charge in [0.25, 0.3) is 5.91 Å². The molecule has 1 N–H and O–H groups in total. The number of carbonyl (C=O) groups excluding carboxylic acids is 1. The van der Waals surface area contributed by atoms with Gasteiger partial charge < -0.3 is 14.8 Å². The molecule has 2 aromatic heterocycles. The number of carbonyl (C=O) groups is 1. The van der Waals surface area contributed by atoms with Crippen LogP contribution in [0.1, 0.15) is 22.9 Å². The predicted octanol–water partition coefficient (Wildman–Crippen LogP) is 1.96. The number of nitrogens with one attached hydrogen (secondary N) is 1. The third-order valence-electron chi connectivity index (χ3n) is 4.82. The van der Waals surface area contributed by atoms with Crippen LogP contribution in [0.15, 0.2) is 73.4 Å². The van der Waals surface area contributed by atoms with Crippen molar-refractivity contribution in [3.63, 3.8) is 0 Å².